The van der Waals surface area contributed by atoms with Crippen molar-refractivity contribution in [2.24, 2.45) is 5.73 Å². The summed E-state index contributed by atoms with van der Waals surface area (Å²) in [5.74, 6) is -1.10. The molecule has 1 unspecified atom stereocenters. The van der Waals surface area contributed by atoms with Crippen molar-refractivity contribution in [1.29, 1.82) is 0 Å². The molecule has 0 aliphatic carbocycles. The maximum atomic E-state index is 12.1. The van der Waals surface area contributed by atoms with Gasteiger partial charge in [-0.15, -0.1) is 0 Å². The van der Waals surface area contributed by atoms with Crippen LogP contribution in [0.4, 0.5) is 4.39 Å². The molecule has 0 heterocycles. The summed E-state index contributed by atoms with van der Waals surface area (Å²) >= 11 is 0. The summed E-state index contributed by atoms with van der Waals surface area (Å²) in [6.07, 6.45) is 0.281. The van der Waals surface area contributed by atoms with Gasteiger partial charge in [-0.1, -0.05) is 24.3 Å². The molecule has 4 heteroatoms. The summed E-state index contributed by atoms with van der Waals surface area (Å²) in [5, 5.41) is 8.92. The van der Waals surface area contributed by atoms with Gasteiger partial charge in [0.1, 0.15) is 5.54 Å². The second-order valence-electron chi connectivity index (χ2n) is 3.65. The number of hydrogen-bond donors (Lipinski definition) is 2. The van der Waals surface area contributed by atoms with Gasteiger partial charge >= 0.3 is 5.97 Å². The summed E-state index contributed by atoms with van der Waals surface area (Å²) in [6, 6.07) is 6.71. The van der Waals surface area contributed by atoms with E-state index in [9.17, 15) is 9.18 Å². The fourth-order valence-electron chi connectivity index (χ4n) is 1.28. The van der Waals surface area contributed by atoms with Crippen molar-refractivity contribution in [3.8, 4) is 0 Å². The topological polar surface area (TPSA) is 63.3 Å². The first kappa shape index (κ1) is 11.7. The Bertz CT molecular complexity index is 363. The molecule has 1 aromatic rings. The molecule has 0 bridgehead atoms. The summed E-state index contributed by atoms with van der Waals surface area (Å²) in [6.45, 7) is 0.960. The lowest BCUT2D eigenvalue weighted by molar-refractivity contribution is -0.143. The first-order valence-electron chi connectivity index (χ1n) is 4.66. The molecule has 0 spiro atoms. The van der Waals surface area contributed by atoms with Crippen molar-refractivity contribution in [2.45, 2.75) is 18.9 Å². The number of carbonyl (C=O) groups is 1. The number of benzene rings is 1. The maximum Gasteiger partial charge on any atom is 0.328 e. The molecule has 0 fully saturated rings. The minimum Gasteiger partial charge on any atom is -0.480 e. The minimum atomic E-state index is -1.42. The van der Waals surface area contributed by atoms with Crippen LogP contribution in [-0.2, 0) is 16.8 Å². The lowest BCUT2D eigenvalue weighted by Gasteiger charge is -2.20. The van der Waals surface area contributed by atoms with E-state index in [0.29, 0.717) is 5.56 Å². The fraction of sp³-hybridized carbons (Fsp3) is 0.364. The van der Waals surface area contributed by atoms with E-state index in [0.717, 1.165) is 5.56 Å². The quantitative estimate of drug-likeness (QED) is 0.792. The molecule has 15 heavy (non-hydrogen) atoms. The summed E-state index contributed by atoms with van der Waals surface area (Å²) in [7, 11) is 0. The highest BCUT2D eigenvalue weighted by Crippen LogP contribution is 2.19. The second-order valence-corrected chi connectivity index (χ2v) is 3.65. The summed E-state index contributed by atoms with van der Waals surface area (Å²) in [5.41, 5.74) is 5.47. The third-order valence-electron chi connectivity index (χ3n) is 2.35. The molecular formula is C11H14FNO2. The lowest BCUT2D eigenvalue weighted by Crippen LogP contribution is -2.41. The van der Waals surface area contributed by atoms with Crippen LogP contribution in [0.3, 0.4) is 0 Å². The summed E-state index contributed by atoms with van der Waals surface area (Å²) in [4.78, 5) is 10.9. The van der Waals surface area contributed by atoms with Crippen LogP contribution >= 0.6 is 0 Å². The maximum absolute atomic E-state index is 12.1. The second kappa shape index (κ2) is 4.40. The number of carboxylic acids is 1. The largest absolute Gasteiger partial charge is 0.480 e. The highest BCUT2D eigenvalue weighted by Gasteiger charge is 2.30. The molecule has 0 aliphatic heterocycles. The number of rotatable bonds is 4. The molecule has 1 aromatic carbocycles. The van der Waals surface area contributed by atoms with Crippen molar-refractivity contribution in [1.82, 2.24) is 0 Å². The van der Waals surface area contributed by atoms with E-state index in [4.69, 9.17) is 10.8 Å². The van der Waals surface area contributed by atoms with Gasteiger partial charge in [-0.05, 0) is 18.1 Å². The van der Waals surface area contributed by atoms with Gasteiger partial charge in [0, 0.05) is 6.42 Å². The standard InChI is InChI=1S/C11H14FNO2/c1-11(13,10(14)15)9-4-2-3-8(7-9)5-6-12/h2-4,7H,5-6,13H2,1H3,(H,14,15). The monoisotopic (exact) mass is 211 g/mol. The predicted molar refractivity (Wildman–Crippen MR) is 55.3 cm³/mol. The van der Waals surface area contributed by atoms with Gasteiger partial charge in [-0.2, -0.15) is 0 Å². The molecule has 82 valence electrons. The van der Waals surface area contributed by atoms with Crippen LogP contribution in [0.2, 0.25) is 0 Å². The molecule has 3 N–H and O–H groups in total. The van der Waals surface area contributed by atoms with E-state index in [-0.39, 0.29) is 6.42 Å². The number of aliphatic carboxylic acids is 1. The SMILES string of the molecule is CC(N)(C(=O)O)c1cccc(CCF)c1. The molecule has 0 aromatic heterocycles. The molecule has 0 aliphatic rings. The molecule has 0 radical (unpaired) electrons. The third kappa shape index (κ3) is 2.53. The number of halogens is 1. The van der Waals surface area contributed by atoms with Crippen LogP contribution in [0, 0.1) is 0 Å². The normalized spacial score (nSPS) is 14.6. The predicted octanol–water partition coefficient (Wildman–Crippen LogP) is 1.46. The Morgan fingerprint density at radius 3 is 2.80 bits per heavy atom. The van der Waals surface area contributed by atoms with E-state index in [1.54, 1.807) is 24.3 Å². The van der Waals surface area contributed by atoms with Crippen LogP contribution in [0.1, 0.15) is 18.1 Å². The van der Waals surface area contributed by atoms with E-state index in [2.05, 4.69) is 0 Å². The van der Waals surface area contributed by atoms with Crippen molar-refractivity contribution in [2.75, 3.05) is 6.67 Å². The Labute approximate surface area is 87.7 Å². The number of aryl methyl sites for hydroxylation is 1. The van der Waals surface area contributed by atoms with Gasteiger partial charge in [0.25, 0.3) is 0 Å². The van der Waals surface area contributed by atoms with E-state index >= 15 is 0 Å². The highest BCUT2D eigenvalue weighted by molar-refractivity contribution is 5.79. The van der Waals surface area contributed by atoms with E-state index in [1.807, 2.05) is 0 Å². The van der Waals surface area contributed by atoms with Gasteiger partial charge in [-0.3, -0.25) is 4.39 Å². The van der Waals surface area contributed by atoms with E-state index in [1.165, 1.54) is 6.92 Å². The zero-order chi connectivity index (χ0) is 11.5. The number of carboxylic acid groups (broad SMARTS) is 1. The van der Waals surface area contributed by atoms with Gasteiger partial charge in [0.15, 0.2) is 0 Å². The van der Waals surface area contributed by atoms with E-state index < -0.39 is 18.2 Å². The Morgan fingerprint density at radius 1 is 1.60 bits per heavy atom. The Morgan fingerprint density at radius 2 is 2.27 bits per heavy atom. The average Bonchev–Trinajstić information content (AvgIpc) is 2.18. The smallest absolute Gasteiger partial charge is 0.328 e. The first-order valence-corrected chi connectivity index (χ1v) is 4.66. The fourth-order valence-corrected chi connectivity index (χ4v) is 1.28. The van der Waals surface area contributed by atoms with Gasteiger partial charge in [0.2, 0.25) is 0 Å². The Balaban J connectivity index is 3.04. The summed E-state index contributed by atoms with van der Waals surface area (Å²) < 4.78 is 12.1. The zero-order valence-corrected chi connectivity index (χ0v) is 8.53. The average molecular weight is 211 g/mol. The molecule has 1 rings (SSSR count). The van der Waals surface area contributed by atoms with Gasteiger partial charge in [0.05, 0.1) is 6.67 Å². The first-order chi connectivity index (χ1) is 6.98. The molecule has 0 saturated heterocycles. The van der Waals surface area contributed by atoms with Crippen molar-refractivity contribution in [3.05, 3.63) is 35.4 Å². The van der Waals surface area contributed by atoms with Gasteiger partial charge in [-0.25, -0.2) is 4.79 Å². The van der Waals surface area contributed by atoms with Crippen LogP contribution in [0.15, 0.2) is 24.3 Å². The zero-order valence-electron chi connectivity index (χ0n) is 8.53. The number of nitrogens with two attached hydrogens (primary N) is 1. The highest BCUT2D eigenvalue weighted by atomic mass is 19.1. The van der Waals surface area contributed by atoms with Crippen LogP contribution in [0.25, 0.3) is 0 Å². The molecule has 3 nitrogen and oxygen atoms in total. The number of alkyl halides is 1. The van der Waals surface area contributed by atoms with Crippen LogP contribution in [-0.4, -0.2) is 17.8 Å². The van der Waals surface area contributed by atoms with Crippen molar-refractivity contribution >= 4 is 5.97 Å². The Kier molecular flexibility index (Phi) is 3.42. The van der Waals surface area contributed by atoms with Crippen LogP contribution in [0.5, 0.6) is 0 Å². The molecule has 1 atom stereocenters. The van der Waals surface area contributed by atoms with Crippen molar-refractivity contribution in [3.63, 3.8) is 0 Å². The lowest BCUT2D eigenvalue weighted by atomic mass is 9.92. The Hall–Kier alpha value is -1.42. The third-order valence-corrected chi connectivity index (χ3v) is 2.35. The number of hydrogen-bond acceptors (Lipinski definition) is 2. The molecule has 0 saturated carbocycles. The van der Waals surface area contributed by atoms with Gasteiger partial charge < -0.3 is 10.8 Å². The van der Waals surface area contributed by atoms with Crippen molar-refractivity contribution < 1.29 is 14.3 Å². The molecule has 0 amide bonds. The van der Waals surface area contributed by atoms with Crippen LogP contribution < -0.4 is 5.73 Å². The minimum absolute atomic E-state index is 0.281. The molecular weight excluding hydrogens is 197 g/mol.